The third-order valence-electron chi connectivity index (χ3n) is 3.05. The van der Waals surface area contributed by atoms with Crippen LogP contribution in [0, 0.1) is 11.8 Å². The number of carbonyl (C=O) groups excluding carboxylic acids is 1. The summed E-state index contributed by atoms with van der Waals surface area (Å²) in [7, 11) is 0. The van der Waals surface area contributed by atoms with Gasteiger partial charge in [0.05, 0.1) is 0 Å². The van der Waals surface area contributed by atoms with Crippen molar-refractivity contribution in [2.24, 2.45) is 11.8 Å². The molecule has 2 saturated carbocycles. The summed E-state index contributed by atoms with van der Waals surface area (Å²) in [5.41, 5.74) is 0. The number of hydrogen-bond donors (Lipinski definition) is 0. The smallest absolute Gasteiger partial charge is 0.133 e. The fraction of sp³-hybridized carbons (Fsp3) is 0.889. The fourth-order valence-corrected chi connectivity index (χ4v) is 2.49. The van der Waals surface area contributed by atoms with Crippen LogP contribution in [0.1, 0.15) is 38.5 Å². The molecule has 2 rings (SSSR count). The predicted molar refractivity (Wildman–Crippen MR) is 39.7 cm³/mol. The quantitative estimate of drug-likeness (QED) is 0.501. The first-order chi connectivity index (χ1) is 4.86. The minimum absolute atomic E-state index is 0.525. The van der Waals surface area contributed by atoms with Gasteiger partial charge >= 0.3 is 0 Å². The monoisotopic (exact) mass is 138 g/mol. The van der Waals surface area contributed by atoms with Crippen LogP contribution in [-0.4, -0.2) is 5.78 Å². The molecule has 0 aromatic heterocycles. The minimum Gasteiger partial charge on any atom is -0.300 e. The summed E-state index contributed by atoms with van der Waals surface area (Å²) in [6, 6.07) is 0. The number of Topliss-reactive ketones (excluding diaryl/α,β-unsaturated/α-hetero) is 1. The molecule has 0 saturated heterocycles. The minimum atomic E-state index is 0.525. The van der Waals surface area contributed by atoms with E-state index in [-0.39, 0.29) is 0 Å². The summed E-state index contributed by atoms with van der Waals surface area (Å²) in [6.45, 7) is 0. The third kappa shape index (κ3) is 0.979. The molecule has 0 aromatic rings. The van der Waals surface area contributed by atoms with Crippen molar-refractivity contribution >= 4 is 5.78 Å². The van der Waals surface area contributed by atoms with E-state index in [1.165, 1.54) is 25.7 Å². The maximum atomic E-state index is 11.0. The molecule has 0 aliphatic heterocycles. The summed E-state index contributed by atoms with van der Waals surface area (Å²) in [6.07, 6.45) is 7.21. The van der Waals surface area contributed by atoms with E-state index in [4.69, 9.17) is 0 Å². The lowest BCUT2D eigenvalue weighted by molar-refractivity contribution is -0.117. The molecule has 0 bridgehead atoms. The lowest BCUT2D eigenvalue weighted by Crippen LogP contribution is -2.12. The standard InChI is InChI=1S/C9H14O/c10-9-5-7-3-1-2-4-8(7)6-9/h7-8H,1-6H2/t7-,8?/m1/s1. The van der Waals surface area contributed by atoms with Crippen molar-refractivity contribution in [2.45, 2.75) is 38.5 Å². The Morgan fingerprint density at radius 2 is 1.50 bits per heavy atom. The maximum Gasteiger partial charge on any atom is 0.133 e. The molecular weight excluding hydrogens is 124 g/mol. The zero-order valence-corrected chi connectivity index (χ0v) is 6.31. The van der Waals surface area contributed by atoms with Gasteiger partial charge in [-0.3, -0.25) is 4.79 Å². The first kappa shape index (κ1) is 6.38. The van der Waals surface area contributed by atoms with Gasteiger partial charge in [-0.15, -0.1) is 0 Å². The summed E-state index contributed by atoms with van der Waals surface area (Å²) < 4.78 is 0. The molecule has 0 radical (unpaired) electrons. The molecule has 1 unspecified atom stereocenters. The second-order valence-corrected chi connectivity index (χ2v) is 3.75. The Hall–Kier alpha value is -0.330. The van der Waals surface area contributed by atoms with Crippen LogP contribution in [0.4, 0.5) is 0 Å². The Morgan fingerprint density at radius 1 is 1.00 bits per heavy atom. The molecule has 2 fully saturated rings. The van der Waals surface area contributed by atoms with E-state index in [0.717, 1.165) is 24.7 Å². The van der Waals surface area contributed by atoms with Gasteiger partial charge in [0.1, 0.15) is 5.78 Å². The van der Waals surface area contributed by atoms with Gasteiger partial charge in [0, 0.05) is 12.8 Å². The van der Waals surface area contributed by atoms with E-state index in [0.29, 0.717) is 5.78 Å². The van der Waals surface area contributed by atoms with Crippen molar-refractivity contribution in [3.8, 4) is 0 Å². The van der Waals surface area contributed by atoms with Crippen LogP contribution in [-0.2, 0) is 4.79 Å². The van der Waals surface area contributed by atoms with Gasteiger partial charge in [0.25, 0.3) is 0 Å². The Balaban J connectivity index is 2.04. The first-order valence-corrected chi connectivity index (χ1v) is 4.38. The van der Waals surface area contributed by atoms with Gasteiger partial charge in [-0.05, 0) is 24.7 Å². The number of hydrogen-bond acceptors (Lipinski definition) is 1. The van der Waals surface area contributed by atoms with Crippen LogP contribution in [0.2, 0.25) is 0 Å². The van der Waals surface area contributed by atoms with Gasteiger partial charge in [-0.1, -0.05) is 12.8 Å². The van der Waals surface area contributed by atoms with E-state index in [2.05, 4.69) is 0 Å². The van der Waals surface area contributed by atoms with Crippen molar-refractivity contribution < 1.29 is 4.79 Å². The Morgan fingerprint density at radius 3 is 2.00 bits per heavy atom. The van der Waals surface area contributed by atoms with Gasteiger partial charge in [0.2, 0.25) is 0 Å². The molecule has 0 N–H and O–H groups in total. The Labute approximate surface area is 61.8 Å². The number of ketones is 1. The van der Waals surface area contributed by atoms with Gasteiger partial charge in [-0.25, -0.2) is 0 Å². The van der Waals surface area contributed by atoms with Crippen LogP contribution in [0.25, 0.3) is 0 Å². The van der Waals surface area contributed by atoms with Crippen molar-refractivity contribution in [3.63, 3.8) is 0 Å². The zero-order chi connectivity index (χ0) is 6.97. The zero-order valence-electron chi connectivity index (χ0n) is 6.31. The van der Waals surface area contributed by atoms with E-state index in [1.54, 1.807) is 0 Å². The van der Waals surface area contributed by atoms with Crippen LogP contribution in [0.15, 0.2) is 0 Å². The molecule has 2 atom stereocenters. The second kappa shape index (κ2) is 2.37. The van der Waals surface area contributed by atoms with Crippen molar-refractivity contribution in [2.75, 3.05) is 0 Å². The van der Waals surface area contributed by atoms with Crippen molar-refractivity contribution in [3.05, 3.63) is 0 Å². The molecule has 0 heterocycles. The molecule has 2 aliphatic rings. The summed E-state index contributed by atoms with van der Waals surface area (Å²) >= 11 is 0. The maximum absolute atomic E-state index is 11.0. The highest BCUT2D eigenvalue weighted by Gasteiger charge is 2.33. The normalized spacial score (nSPS) is 39.8. The third-order valence-corrected chi connectivity index (χ3v) is 3.05. The number of fused-ring (bicyclic) bond motifs is 1. The van der Waals surface area contributed by atoms with Crippen LogP contribution in [0.3, 0.4) is 0 Å². The molecule has 0 amide bonds. The number of rotatable bonds is 0. The number of carbonyl (C=O) groups is 1. The lowest BCUT2D eigenvalue weighted by atomic mass is 9.82. The summed E-state index contributed by atoms with van der Waals surface area (Å²) in [5, 5.41) is 0. The largest absolute Gasteiger partial charge is 0.300 e. The molecule has 0 aromatic carbocycles. The summed E-state index contributed by atoms with van der Waals surface area (Å²) in [4.78, 5) is 11.0. The molecule has 1 heteroatoms. The highest BCUT2D eigenvalue weighted by Crippen LogP contribution is 2.40. The van der Waals surface area contributed by atoms with Gasteiger partial charge in [0.15, 0.2) is 0 Å². The molecule has 1 nitrogen and oxygen atoms in total. The van der Waals surface area contributed by atoms with E-state index < -0.39 is 0 Å². The molecule has 0 spiro atoms. The fourth-order valence-electron chi connectivity index (χ4n) is 2.49. The predicted octanol–water partition coefficient (Wildman–Crippen LogP) is 2.16. The lowest BCUT2D eigenvalue weighted by Gasteiger charge is -2.23. The van der Waals surface area contributed by atoms with E-state index in [9.17, 15) is 4.79 Å². The molecular formula is C9H14O. The first-order valence-electron chi connectivity index (χ1n) is 4.38. The van der Waals surface area contributed by atoms with Crippen molar-refractivity contribution in [1.82, 2.24) is 0 Å². The summed E-state index contributed by atoms with van der Waals surface area (Å²) in [5.74, 6) is 2.11. The molecule has 10 heavy (non-hydrogen) atoms. The van der Waals surface area contributed by atoms with Gasteiger partial charge < -0.3 is 0 Å². The van der Waals surface area contributed by atoms with Crippen LogP contribution >= 0.6 is 0 Å². The molecule has 2 aliphatic carbocycles. The Kier molecular flexibility index (Phi) is 1.51. The van der Waals surface area contributed by atoms with E-state index >= 15 is 0 Å². The highest BCUT2D eigenvalue weighted by molar-refractivity contribution is 5.81. The topological polar surface area (TPSA) is 17.1 Å². The van der Waals surface area contributed by atoms with Crippen molar-refractivity contribution in [1.29, 1.82) is 0 Å². The van der Waals surface area contributed by atoms with E-state index in [1.807, 2.05) is 0 Å². The van der Waals surface area contributed by atoms with Crippen LogP contribution in [0.5, 0.6) is 0 Å². The Bertz CT molecular complexity index is 135. The average Bonchev–Trinajstić information content (AvgIpc) is 2.27. The molecule has 56 valence electrons. The van der Waals surface area contributed by atoms with Gasteiger partial charge in [-0.2, -0.15) is 0 Å². The second-order valence-electron chi connectivity index (χ2n) is 3.75. The SMILES string of the molecule is O=C1CC2CCCC[C@@H]2C1. The highest BCUT2D eigenvalue weighted by atomic mass is 16.1. The average molecular weight is 138 g/mol. The van der Waals surface area contributed by atoms with Crippen LogP contribution < -0.4 is 0 Å².